The van der Waals surface area contributed by atoms with E-state index in [-0.39, 0.29) is 11.6 Å². The summed E-state index contributed by atoms with van der Waals surface area (Å²) in [5, 5.41) is 3.37. The highest BCUT2D eigenvalue weighted by Gasteiger charge is 2.31. The number of halogens is 1. The van der Waals surface area contributed by atoms with Gasteiger partial charge in [0.25, 0.3) is 0 Å². The Kier molecular flexibility index (Phi) is 6.30. The van der Waals surface area contributed by atoms with Crippen LogP contribution in [0.4, 0.5) is 0 Å². The fourth-order valence-corrected chi connectivity index (χ4v) is 2.62. The third-order valence-electron chi connectivity index (χ3n) is 3.93. The van der Waals surface area contributed by atoms with Gasteiger partial charge in [0.1, 0.15) is 5.75 Å². The molecule has 2 atom stereocenters. The lowest BCUT2D eigenvalue weighted by Gasteiger charge is -2.36. The average molecular weight is 330 g/mol. The van der Waals surface area contributed by atoms with Gasteiger partial charge in [-0.1, -0.05) is 22.9 Å². The lowest BCUT2D eigenvalue weighted by molar-refractivity contribution is -0.0269. The monoisotopic (exact) mass is 329 g/mol. The van der Waals surface area contributed by atoms with Crippen molar-refractivity contribution in [1.82, 2.24) is 5.32 Å². The van der Waals surface area contributed by atoms with Crippen molar-refractivity contribution in [3.8, 4) is 5.75 Å². The quantitative estimate of drug-likeness (QED) is 0.831. The van der Waals surface area contributed by atoms with Crippen LogP contribution in [0.2, 0.25) is 0 Å². The Balaban J connectivity index is 2.98. The highest BCUT2D eigenvalue weighted by Crippen LogP contribution is 2.28. The molecule has 0 amide bonds. The molecule has 3 nitrogen and oxygen atoms in total. The Labute approximate surface area is 124 Å². The molecule has 1 aromatic rings. The molecular formula is C15H24BrNO2. The number of rotatable bonds is 7. The number of ether oxygens (including phenoxy) is 2. The standard InChI is InChI=1S/C15H24BrNO2/c1-6-15(2,19-5)14(17-3)10-11-9-12(18-4)7-8-13(11)16/h7-9,14,17H,6,10H2,1-5H3. The van der Waals surface area contributed by atoms with Gasteiger partial charge in [0.2, 0.25) is 0 Å². The Morgan fingerprint density at radius 3 is 2.53 bits per heavy atom. The van der Waals surface area contributed by atoms with Gasteiger partial charge in [0, 0.05) is 17.6 Å². The number of hydrogen-bond acceptors (Lipinski definition) is 3. The number of likely N-dealkylation sites (N-methyl/N-ethyl adjacent to an activating group) is 1. The van der Waals surface area contributed by atoms with E-state index in [0.717, 1.165) is 23.1 Å². The van der Waals surface area contributed by atoms with E-state index in [1.54, 1.807) is 14.2 Å². The second-order valence-corrected chi connectivity index (χ2v) is 5.73. The van der Waals surface area contributed by atoms with Gasteiger partial charge in [0.05, 0.1) is 12.7 Å². The van der Waals surface area contributed by atoms with Gasteiger partial charge in [-0.25, -0.2) is 0 Å². The fraction of sp³-hybridized carbons (Fsp3) is 0.600. The van der Waals surface area contributed by atoms with Crippen molar-refractivity contribution in [2.24, 2.45) is 0 Å². The van der Waals surface area contributed by atoms with Crippen LogP contribution in [0, 0.1) is 0 Å². The molecule has 0 aliphatic heterocycles. The smallest absolute Gasteiger partial charge is 0.119 e. The summed E-state index contributed by atoms with van der Waals surface area (Å²) >= 11 is 3.60. The molecular weight excluding hydrogens is 306 g/mol. The molecule has 1 rings (SSSR count). The highest BCUT2D eigenvalue weighted by molar-refractivity contribution is 9.10. The Hall–Kier alpha value is -0.580. The van der Waals surface area contributed by atoms with Gasteiger partial charge < -0.3 is 14.8 Å². The minimum Gasteiger partial charge on any atom is -0.497 e. The largest absolute Gasteiger partial charge is 0.497 e. The topological polar surface area (TPSA) is 30.5 Å². The van der Waals surface area contributed by atoms with E-state index < -0.39 is 0 Å². The zero-order valence-electron chi connectivity index (χ0n) is 12.4. The maximum Gasteiger partial charge on any atom is 0.119 e. The van der Waals surface area contributed by atoms with E-state index in [1.165, 1.54) is 5.56 Å². The van der Waals surface area contributed by atoms with Gasteiger partial charge in [0.15, 0.2) is 0 Å². The molecule has 0 heterocycles. The van der Waals surface area contributed by atoms with Crippen molar-refractivity contribution in [1.29, 1.82) is 0 Å². The molecule has 1 aromatic carbocycles. The third kappa shape index (κ3) is 3.94. The van der Waals surface area contributed by atoms with E-state index in [2.05, 4.69) is 41.2 Å². The van der Waals surface area contributed by atoms with Crippen LogP contribution >= 0.6 is 15.9 Å². The van der Waals surface area contributed by atoms with Crippen LogP contribution in [-0.4, -0.2) is 32.9 Å². The van der Waals surface area contributed by atoms with Crippen molar-refractivity contribution in [2.75, 3.05) is 21.3 Å². The summed E-state index contributed by atoms with van der Waals surface area (Å²) in [6, 6.07) is 6.29. The molecule has 0 saturated heterocycles. The van der Waals surface area contributed by atoms with E-state index in [9.17, 15) is 0 Å². The lowest BCUT2D eigenvalue weighted by Crippen LogP contribution is -2.49. The molecule has 0 bridgehead atoms. The Morgan fingerprint density at radius 2 is 2.05 bits per heavy atom. The molecule has 19 heavy (non-hydrogen) atoms. The third-order valence-corrected chi connectivity index (χ3v) is 4.70. The van der Waals surface area contributed by atoms with E-state index in [1.807, 2.05) is 19.2 Å². The number of benzene rings is 1. The summed E-state index contributed by atoms with van der Waals surface area (Å²) in [6.07, 6.45) is 1.84. The molecule has 0 fully saturated rings. The first-order valence-corrected chi connectivity index (χ1v) is 7.34. The molecule has 0 aromatic heterocycles. The predicted molar refractivity (Wildman–Crippen MR) is 83.0 cm³/mol. The normalized spacial score (nSPS) is 15.9. The highest BCUT2D eigenvalue weighted by atomic mass is 79.9. The summed E-state index contributed by atoms with van der Waals surface area (Å²) < 4.78 is 12.1. The van der Waals surface area contributed by atoms with Crippen molar-refractivity contribution in [3.63, 3.8) is 0 Å². The van der Waals surface area contributed by atoms with Crippen LogP contribution in [0.3, 0.4) is 0 Å². The minimum atomic E-state index is -0.183. The number of nitrogens with one attached hydrogen (secondary N) is 1. The Morgan fingerprint density at radius 1 is 1.37 bits per heavy atom. The summed E-state index contributed by atoms with van der Waals surface area (Å²) in [5.74, 6) is 0.878. The van der Waals surface area contributed by atoms with Crippen molar-refractivity contribution >= 4 is 15.9 Å². The maximum absolute atomic E-state index is 5.70. The summed E-state index contributed by atoms with van der Waals surface area (Å²) in [6.45, 7) is 4.29. The lowest BCUT2D eigenvalue weighted by atomic mass is 9.88. The van der Waals surface area contributed by atoms with E-state index in [4.69, 9.17) is 9.47 Å². The first kappa shape index (κ1) is 16.5. The van der Waals surface area contributed by atoms with Gasteiger partial charge >= 0.3 is 0 Å². The van der Waals surface area contributed by atoms with Gasteiger partial charge in [-0.2, -0.15) is 0 Å². The van der Waals surface area contributed by atoms with Crippen LogP contribution in [0.1, 0.15) is 25.8 Å². The van der Waals surface area contributed by atoms with Crippen molar-refractivity contribution < 1.29 is 9.47 Å². The van der Waals surface area contributed by atoms with E-state index in [0.29, 0.717) is 0 Å². The molecule has 0 spiro atoms. The first-order valence-electron chi connectivity index (χ1n) is 6.55. The molecule has 0 radical (unpaired) electrons. The van der Waals surface area contributed by atoms with Crippen molar-refractivity contribution in [3.05, 3.63) is 28.2 Å². The van der Waals surface area contributed by atoms with Gasteiger partial charge in [-0.05, 0) is 50.6 Å². The summed E-state index contributed by atoms with van der Waals surface area (Å²) in [4.78, 5) is 0. The van der Waals surface area contributed by atoms with Crippen LogP contribution in [0.15, 0.2) is 22.7 Å². The SMILES string of the molecule is CCC(C)(OC)C(Cc1cc(OC)ccc1Br)NC. The number of hydrogen-bond donors (Lipinski definition) is 1. The van der Waals surface area contributed by atoms with Gasteiger partial charge in [-0.3, -0.25) is 0 Å². The van der Waals surface area contributed by atoms with E-state index >= 15 is 0 Å². The van der Waals surface area contributed by atoms with Crippen LogP contribution in [0.5, 0.6) is 5.75 Å². The molecule has 1 N–H and O–H groups in total. The van der Waals surface area contributed by atoms with Crippen LogP contribution < -0.4 is 10.1 Å². The van der Waals surface area contributed by atoms with Crippen molar-refractivity contribution in [2.45, 2.75) is 38.3 Å². The zero-order valence-corrected chi connectivity index (χ0v) is 14.0. The maximum atomic E-state index is 5.70. The van der Waals surface area contributed by atoms with Crippen LogP contribution in [0.25, 0.3) is 0 Å². The Bertz CT molecular complexity index is 405. The molecule has 2 unspecified atom stereocenters. The average Bonchev–Trinajstić information content (AvgIpc) is 2.45. The van der Waals surface area contributed by atoms with Gasteiger partial charge in [-0.15, -0.1) is 0 Å². The number of methoxy groups -OCH3 is 2. The zero-order chi connectivity index (χ0) is 14.5. The molecule has 0 saturated carbocycles. The molecule has 108 valence electrons. The van der Waals surface area contributed by atoms with Crippen LogP contribution in [-0.2, 0) is 11.2 Å². The second-order valence-electron chi connectivity index (χ2n) is 4.87. The fourth-order valence-electron chi connectivity index (χ4n) is 2.21. The first-order chi connectivity index (χ1) is 9.00. The summed E-state index contributed by atoms with van der Waals surface area (Å²) in [7, 11) is 5.44. The summed E-state index contributed by atoms with van der Waals surface area (Å²) in [5.41, 5.74) is 1.03. The molecule has 0 aliphatic carbocycles. The minimum absolute atomic E-state index is 0.183. The predicted octanol–water partition coefficient (Wildman–Crippen LogP) is 3.40. The molecule has 4 heteroatoms. The molecule has 0 aliphatic rings. The second kappa shape index (κ2) is 7.27.